The Balaban J connectivity index is 1.26. The van der Waals surface area contributed by atoms with Gasteiger partial charge in [0, 0.05) is 23.8 Å². The van der Waals surface area contributed by atoms with E-state index in [1.54, 1.807) is 20.8 Å². The third-order valence-corrected chi connectivity index (χ3v) is 12.6. The van der Waals surface area contributed by atoms with Crippen LogP contribution in [0.2, 0.25) is 0 Å². The maximum atomic E-state index is 14.6. The summed E-state index contributed by atoms with van der Waals surface area (Å²) in [6, 6.07) is 17.2. The summed E-state index contributed by atoms with van der Waals surface area (Å²) in [5.74, 6) is -1.57. The highest BCUT2D eigenvalue weighted by molar-refractivity contribution is 7.91. The first-order valence-corrected chi connectivity index (χ1v) is 20.3. The average Bonchev–Trinajstić information content (AvgIpc) is 4.07. The number of fused-ring (bicyclic) bond motifs is 7. The van der Waals surface area contributed by atoms with E-state index in [4.69, 9.17) is 14.2 Å². The van der Waals surface area contributed by atoms with Gasteiger partial charge in [0.1, 0.15) is 35.2 Å². The van der Waals surface area contributed by atoms with Crippen LogP contribution < -0.4 is 24.8 Å². The van der Waals surface area contributed by atoms with E-state index in [1.165, 1.54) is 11.0 Å². The van der Waals surface area contributed by atoms with E-state index >= 15 is 0 Å². The molecule has 3 aromatic carbocycles. The summed E-state index contributed by atoms with van der Waals surface area (Å²) in [5, 5.41) is 6.84. The van der Waals surface area contributed by atoms with E-state index in [2.05, 4.69) is 21.9 Å². The lowest BCUT2D eigenvalue weighted by Crippen LogP contribution is -2.60. The molecule has 2 heterocycles. The predicted molar refractivity (Wildman–Crippen MR) is 206 cm³/mol. The maximum absolute atomic E-state index is 14.6. The molecule has 7 rings (SSSR count). The van der Waals surface area contributed by atoms with Gasteiger partial charge in [-0.05, 0) is 65.3 Å². The number of hydrogen-bond acceptors (Lipinski definition) is 9. The Morgan fingerprint density at radius 2 is 1.71 bits per heavy atom. The second-order valence-corrected chi connectivity index (χ2v) is 18.3. The van der Waals surface area contributed by atoms with Crippen LogP contribution in [0.5, 0.6) is 11.5 Å². The molecular formula is C41H48N4O9S. The Morgan fingerprint density at radius 3 is 2.38 bits per heavy atom. The molecule has 0 spiro atoms. The van der Waals surface area contributed by atoms with Crippen molar-refractivity contribution in [3.05, 3.63) is 73.3 Å². The van der Waals surface area contributed by atoms with Crippen molar-refractivity contribution in [2.24, 2.45) is 17.3 Å². The smallest absolute Gasteiger partial charge is 0.407 e. The van der Waals surface area contributed by atoms with E-state index in [0.29, 0.717) is 24.3 Å². The summed E-state index contributed by atoms with van der Waals surface area (Å²) in [6.45, 7) is 11.3. The molecule has 0 aromatic heterocycles. The molecule has 292 valence electrons. The molecule has 4 amide bonds. The van der Waals surface area contributed by atoms with Crippen molar-refractivity contribution in [2.45, 2.75) is 82.4 Å². The summed E-state index contributed by atoms with van der Waals surface area (Å²) in [6.07, 6.45) is 1.13. The molecule has 13 nitrogen and oxygen atoms in total. The van der Waals surface area contributed by atoms with Crippen LogP contribution in [0.25, 0.3) is 21.9 Å². The van der Waals surface area contributed by atoms with Gasteiger partial charge in [0.15, 0.2) is 0 Å². The number of nitrogens with zero attached hydrogens (tertiary/aromatic N) is 1. The lowest BCUT2D eigenvalue weighted by molar-refractivity contribution is -0.142. The topological polar surface area (TPSA) is 169 Å². The van der Waals surface area contributed by atoms with Gasteiger partial charge in [0.25, 0.3) is 5.91 Å². The van der Waals surface area contributed by atoms with Crippen molar-refractivity contribution in [3.8, 4) is 22.6 Å². The number of amides is 4. The lowest BCUT2D eigenvalue weighted by Gasteiger charge is -2.35. The number of carbonyl (C=O) groups is 4. The Bertz CT molecular complexity index is 2150. The van der Waals surface area contributed by atoms with Crippen molar-refractivity contribution >= 4 is 44.6 Å². The van der Waals surface area contributed by atoms with Crippen LogP contribution >= 0.6 is 0 Å². The Morgan fingerprint density at radius 1 is 1.00 bits per heavy atom. The van der Waals surface area contributed by atoms with Crippen LogP contribution in [-0.4, -0.2) is 85.9 Å². The van der Waals surface area contributed by atoms with Crippen LogP contribution in [0.3, 0.4) is 0 Å². The first-order valence-electron chi connectivity index (χ1n) is 18.7. The van der Waals surface area contributed by atoms with Gasteiger partial charge in [0.2, 0.25) is 21.8 Å². The molecule has 2 aliphatic heterocycles. The molecule has 55 heavy (non-hydrogen) atoms. The number of sulfonamides is 1. The fourth-order valence-corrected chi connectivity index (χ4v) is 8.71. The highest BCUT2D eigenvalue weighted by atomic mass is 32.2. The second-order valence-electron chi connectivity index (χ2n) is 16.3. The Hall–Kier alpha value is -5.11. The van der Waals surface area contributed by atoms with Gasteiger partial charge in [-0.3, -0.25) is 19.1 Å². The third kappa shape index (κ3) is 8.00. The van der Waals surface area contributed by atoms with Gasteiger partial charge in [-0.1, -0.05) is 70.2 Å². The van der Waals surface area contributed by atoms with E-state index in [0.717, 1.165) is 21.9 Å². The minimum Gasteiger partial charge on any atom is -0.493 e. The summed E-state index contributed by atoms with van der Waals surface area (Å²) in [4.78, 5) is 57.2. The Labute approximate surface area is 321 Å². The van der Waals surface area contributed by atoms with E-state index in [9.17, 15) is 27.6 Å². The first-order chi connectivity index (χ1) is 26.1. The molecule has 4 aliphatic rings. The van der Waals surface area contributed by atoms with Crippen molar-refractivity contribution in [3.63, 3.8) is 0 Å². The molecule has 3 aromatic rings. The summed E-state index contributed by atoms with van der Waals surface area (Å²) < 4.78 is 46.1. The molecule has 2 saturated carbocycles. The zero-order valence-electron chi connectivity index (χ0n) is 31.5. The van der Waals surface area contributed by atoms with Crippen LogP contribution in [-0.2, 0) is 29.1 Å². The van der Waals surface area contributed by atoms with Crippen molar-refractivity contribution in [2.75, 3.05) is 19.8 Å². The highest BCUT2D eigenvalue weighted by Gasteiger charge is 2.62. The number of benzene rings is 3. The van der Waals surface area contributed by atoms with Crippen LogP contribution in [0.1, 0.15) is 53.4 Å². The van der Waals surface area contributed by atoms with Gasteiger partial charge < -0.3 is 29.7 Å². The van der Waals surface area contributed by atoms with E-state index in [1.807, 2.05) is 67.6 Å². The molecule has 3 fully saturated rings. The Kier molecular flexibility index (Phi) is 10.1. The number of alkyl carbamates (subject to hydrolysis) is 1. The van der Waals surface area contributed by atoms with E-state index < -0.39 is 74.1 Å². The normalized spacial score (nSPS) is 27.2. The molecule has 2 unspecified atom stereocenters. The van der Waals surface area contributed by atoms with Crippen molar-refractivity contribution < 1.29 is 41.8 Å². The van der Waals surface area contributed by atoms with Gasteiger partial charge in [-0.15, -0.1) is 6.58 Å². The monoisotopic (exact) mass is 772 g/mol. The van der Waals surface area contributed by atoms with Crippen LogP contribution in [0.4, 0.5) is 4.79 Å². The fraction of sp³-hybridized carbons (Fsp3) is 0.463. The van der Waals surface area contributed by atoms with E-state index in [-0.39, 0.29) is 38.5 Å². The highest BCUT2D eigenvalue weighted by Crippen LogP contribution is 2.46. The van der Waals surface area contributed by atoms with Gasteiger partial charge in [-0.2, -0.15) is 0 Å². The minimum atomic E-state index is -3.90. The molecule has 6 atom stereocenters. The second kappa shape index (κ2) is 14.5. The SMILES string of the molecule is C=C[C@@H]1CC1(NC(=O)[C@@H]1CC2CN1C(=O)[C@H](C(C)(C)C)NC(=O)OC[C@@H](C)COc1cccc(c1)-c1cc3ccccc3cc1O2)C(=O)NS(=O)(=O)C1CC1. The molecule has 2 aliphatic carbocycles. The summed E-state index contributed by atoms with van der Waals surface area (Å²) >= 11 is 0. The van der Waals surface area contributed by atoms with Gasteiger partial charge in [-0.25, -0.2) is 13.2 Å². The minimum absolute atomic E-state index is 0.0210. The summed E-state index contributed by atoms with van der Waals surface area (Å²) in [5.41, 5.74) is -0.759. The zero-order valence-corrected chi connectivity index (χ0v) is 32.3. The largest absolute Gasteiger partial charge is 0.493 e. The quantitative estimate of drug-likeness (QED) is 0.301. The predicted octanol–water partition coefficient (Wildman–Crippen LogP) is 4.69. The maximum Gasteiger partial charge on any atom is 0.407 e. The standard InChI is InChI=1S/C41H48N4O9S/c1-6-28-20-41(28,38(48)44-55(50,51)31-14-15-31)43-36(46)33-19-30-21-45(33)37(47)35(40(3,4)5)42-39(49)53-23-24(2)22-52-29-13-9-12-27(16-29)32-17-25-10-7-8-11-26(25)18-34(32)54-30/h6-13,16-18,24,28,30-31,33,35H,1,14-15,19-23H2,2-5H3,(H,42,49)(H,43,46)(H,44,48)/t24-,28+,30?,33-,35+,41?/m0/s1. The number of nitrogens with one attached hydrogen (secondary N) is 3. The van der Waals surface area contributed by atoms with Crippen LogP contribution in [0.15, 0.2) is 73.3 Å². The fourth-order valence-electron chi connectivity index (χ4n) is 7.35. The number of ether oxygens (including phenoxy) is 3. The number of carbonyl (C=O) groups excluding carboxylic acids is 4. The zero-order chi connectivity index (χ0) is 39.3. The van der Waals surface area contributed by atoms with Crippen LogP contribution in [0, 0.1) is 17.3 Å². The number of rotatable bonds is 6. The number of hydrogen-bond donors (Lipinski definition) is 3. The number of cyclic esters (lactones) is 1. The average molecular weight is 773 g/mol. The molecule has 3 N–H and O–H groups in total. The van der Waals surface area contributed by atoms with Crippen molar-refractivity contribution in [1.82, 2.24) is 20.3 Å². The molecule has 1 saturated heterocycles. The van der Waals surface area contributed by atoms with Gasteiger partial charge in [0.05, 0.1) is 25.0 Å². The third-order valence-electron chi connectivity index (χ3n) is 10.8. The lowest BCUT2D eigenvalue weighted by atomic mass is 9.85. The van der Waals surface area contributed by atoms with Gasteiger partial charge >= 0.3 is 6.09 Å². The molecule has 14 heteroatoms. The summed E-state index contributed by atoms with van der Waals surface area (Å²) in [7, 11) is -3.90. The molecular weight excluding hydrogens is 725 g/mol. The van der Waals surface area contributed by atoms with Crippen molar-refractivity contribution in [1.29, 1.82) is 0 Å². The first kappa shape index (κ1) is 38.2. The molecule has 0 radical (unpaired) electrons. The molecule has 4 bridgehead atoms.